The molecule has 102 valence electrons. The lowest BCUT2D eigenvalue weighted by Gasteiger charge is -2.02. The molecule has 4 heteroatoms. The highest BCUT2D eigenvalue weighted by Gasteiger charge is 2.17. The van der Waals surface area contributed by atoms with Crippen LogP contribution in [0.5, 0.6) is 0 Å². The van der Waals surface area contributed by atoms with Crippen LogP contribution in [-0.4, -0.2) is 19.0 Å². The summed E-state index contributed by atoms with van der Waals surface area (Å²) in [6.45, 7) is 5.18. The first-order valence-corrected chi connectivity index (χ1v) is 6.62. The predicted octanol–water partition coefficient (Wildman–Crippen LogP) is 2.52. The summed E-state index contributed by atoms with van der Waals surface area (Å²) in [4.78, 5) is 12.1. The average Bonchev–Trinajstić information content (AvgIpc) is 2.74. The Hall–Kier alpha value is -1.81. The number of hydrogen-bond acceptors (Lipinski definition) is 3. The van der Waals surface area contributed by atoms with Crippen LogP contribution in [0.3, 0.4) is 0 Å². The molecule has 0 saturated carbocycles. The summed E-state index contributed by atoms with van der Waals surface area (Å²) in [5.41, 5.74) is 8.16. The summed E-state index contributed by atoms with van der Waals surface area (Å²) in [5, 5.41) is 3.87. The Morgan fingerprint density at radius 2 is 2.11 bits per heavy atom. The lowest BCUT2D eigenvalue weighted by Crippen LogP contribution is -2.25. The number of para-hydroxylation sites is 1. The quantitative estimate of drug-likeness (QED) is 0.812. The van der Waals surface area contributed by atoms with E-state index < -0.39 is 0 Å². The van der Waals surface area contributed by atoms with E-state index in [1.807, 2.05) is 32.0 Å². The van der Waals surface area contributed by atoms with E-state index in [1.165, 1.54) is 0 Å². The SMILES string of the molecule is Cc1c(C(=O)NCCCCN)oc2c(C)cccc12. The van der Waals surface area contributed by atoms with Crippen LogP contribution in [0.2, 0.25) is 0 Å². The van der Waals surface area contributed by atoms with Crippen LogP contribution in [0.25, 0.3) is 11.0 Å². The number of rotatable bonds is 5. The average molecular weight is 260 g/mol. The number of unbranched alkanes of at least 4 members (excludes halogenated alkanes) is 1. The van der Waals surface area contributed by atoms with Gasteiger partial charge in [-0.3, -0.25) is 4.79 Å². The monoisotopic (exact) mass is 260 g/mol. The third-order valence-corrected chi connectivity index (χ3v) is 3.28. The van der Waals surface area contributed by atoms with Crippen LogP contribution >= 0.6 is 0 Å². The van der Waals surface area contributed by atoms with Crippen molar-refractivity contribution in [2.45, 2.75) is 26.7 Å². The molecule has 0 radical (unpaired) electrons. The molecule has 0 aliphatic rings. The van der Waals surface area contributed by atoms with E-state index in [0.717, 1.165) is 34.9 Å². The van der Waals surface area contributed by atoms with Gasteiger partial charge in [0.15, 0.2) is 5.76 Å². The van der Waals surface area contributed by atoms with E-state index in [1.54, 1.807) is 0 Å². The molecule has 1 aromatic heterocycles. The smallest absolute Gasteiger partial charge is 0.287 e. The minimum Gasteiger partial charge on any atom is -0.450 e. The molecule has 0 unspecified atom stereocenters. The number of amides is 1. The standard InChI is InChI=1S/C15H20N2O2/c1-10-6-5-7-12-11(2)14(19-13(10)12)15(18)17-9-4-3-8-16/h5-7H,3-4,8-9,16H2,1-2H3,(H,17,18). The van der Waals surface area contributed by atoms with Crippen LogP contribution < -0.4 is 11.1 Å². The van der Waals surface area contributed by atoms with E-state index in [2.05, 4.69) is 5.32 Å². The van der Waals surface area contributed by atoms with E-state index in [0.29, 0.717) is 18.8 Å². The van der Waals surface area contributed by atoms with E-state index >= 15 is 0 Å². The van der Waals surface area contributed by atoms with Gasteiger partial charge in [-0.1, -0.05) is 18.2 Å². The molecule has 0 saturated heterocycles. The molecule has 0 fully saturated rings. The van der Waals surface area contributed by atoms with Gasteiger partial charge in [0.25, 0.3) is 5.91 Å². The number of hydrogen-bond donors (Lipinski definition) is 2. The van der Waals surface area contributed by atoms with Crippen LogP contribution in [-0.2, 0) is 0 Å². The normalized spacial score (nSPS) is 10.9. The molecular weight excluding hydrogens is 240 g/mol. The van der Waals surface area contributed by atoms with Crippen LogP contribution in [0.1, 0.15) is 34.5 Å². The number of nitrogens with two attached hydrogens (primary N) is 1. The highest BCUT2D eigenvalue weighted by atomic mass is 16.3. The maximum Gasteiger partial charge on any atom is 0.287 e. The fourth-order valence-electron chi connectivity index (χ4n) is 2.15. The lowest BCUT2D eigenvalue weighted by atomic mass is 10.1. The lowest BCUT2D eigenvalue weighted by molar-refractivity contribution is 0.0926. The summed E-state index contributed by atoms with van der Waals surface area (Å²) < 4.78 is 5.71. The number of fused-ring (bicyclic) bond motifs is 1. The van der Waals surface area contributed by atoms with E-state index in [-0.39, 0.29) is 5.91 Å². The fourth-order valence-corrected chi connectivity index (χ4v) is 2.15. The zero-order valence-corrected chi connectivity index (χ0v) is 11.5. The van der Waals surface area contributed by atoms with Crippen molar-refractivity contribution in [3.8, 4) is 0 Å². The van der Waals surface area contributed by atoms with Crippen molar-refractivity contribution in [3.05, 3.63) is 35.1 Å². The van der Waals surface area contributed by atoms with Crippen molar-refractivity contribution in [3.63, 3.8) is 0 Å². The summed E-state index contributed by atoms with van der Waals surface area (Å²) in [6.07, 6.45) is 1.80. The van der Waals surface area contributed by atoms with Gasteiger partial charge in [-0.2, -0.15) is 0 Å². The number of furan rings is 1. The molecule has 1 heterocycles. The van der Waals surface area contributed by atoms with E-state index in [4.69, 9.17) is 10.2 Å². The molecule has 3 N–H and O–H groups in total. The van der Waals surface area contributed by atoms with Gasteiger partial charge in [0.1, 0.15) is 5.58 Å². The third kappa shape index (κ3) is 2.79. The Bertz CT molecular complexity index is 587. The summed E-state index contributed by atoms with van der Waals surface area (Å²) in [6, 6.07) is 5.93. The Balaban J connectivity index is 2.18. The molecule has 19 heavy (non-hydrogen) atoms. The minimum atomic E-state index is -0.148. The van der Waals surface area contributed by atoms with Crippen molar-refractivity contribution >= 4 is 16.9 Å². The second-order valence-electron chi connectivity index (χ2n) is 4.76. The number of nitrogens with one attached hydrogen (secondary N) is 1. The summed E-state index contributed by atoms with van der Waals surface area (Å²) >= 11 is 0. The molecule has 0 atom stereocenters. The van der Waals surface area contributed by atoms with Gasteiger partial charge < -0.3 is 15.5 Å². The Morgan fingerprint density at radius 1 is 1.32 bits per heavy atom. The Labute approximate surface area is 113 Å². The first kappa shape index (κ1) is 13.6. The van der Waals surface area contributed by atoms with Gasteiger partial charge in [0.2, 0.25) is 0 Å². The Morgan fingerprint density at radius 3 is 2.79 bits per heavy atom. The topological polar surface area (TPSA) is 68.3 Å². The van der Waals surface area contributed by atoms with Crippen molar-refractivity contribution in [2.24, 2.45) is 5.73 Å². The molecule has 2 rings (SSSR count). The maximum absolute atomic E-state index is 12.1. The van der Waals surface area contributed by atoms with Gasteiger partial charge in [-0.15, -0.1) is 0 Å². The summed E-state index contributed by atoms with van der Waals surface area (Å²) in [7, 11) is 0. The van der Waals surface area contributed by atoms with Gasteiger partial charge >= 0.3 is 0 Å². The van der Waals surface area contributed by atoms with Gasteiger partial charge in [-0.25, -0.2) is 0 Å². The molecular formula is C15H20N2O2. The zero-order chi connectivity index (χ0) is 13.8. The molecule has 2 aromatic rings. The van der Waals surface area contributed by atoms with Crippen LogP contribution in [0.15, 0.2) is 22.6 Å². The highest BCUT2D eigenvalue weighted by molar-refractivity contribution is 5.99. The maximum atomic E-state index is 12.1. The molecule has 1 amide bonds. The zero-order valence-electron chi connectivity index (χ0n) is 11.5. The van der Waals surface area contributed by atoms with Crippen molar-refractivity contribution in [1.82, 2.24) is 5.32 Å². The molecule has 0 aliphatic carbocycles. The largest absolute Gasteiger partial charge is 0.450 e. The second-order valence-corrected chi connectivity index (χ2v) is 4.76. The molecule has 1 aromatic carbocycles. The predicted molar refractivity (Wildman–Crippen MR) is 76.3 cm³/mol. The highest BCUT2D eigenvalue weighted by Crippen LogP contribution is 2.27. The Kier molecular flexibility index (Phi) is 4.22. The molecule has 0 spiro atoms. The van der Waals surface area contributed by atoms with Crippen molar-refractivity contribution in [2.75, 3.05) is 13.1 Å². The van der Waals surface area contributed by atoms with Crippen molar-refractivity contribution in [1.29, 1.82) is 0 Å². The molecule has 4 nitrogen and oxygen atoms in total. The first-order valence-electron chi connectivity index (χ1n) is 6.62. The second kappa shape index (κ2) is 5.89. The van der Waals surface area contributed by atoms with Gasteiger partial charge in [0, 0.05) is 17.5 Å². The third-order valence-electron chi connectivity index (χ3n) is 3.28. The number of carbonyl (C=O) groups is 1. The molecule has 0 bridgehead atoms. The number of aryl methyl sites for hydroxylation is 2. The van der Waals surface area contributed by atoms with Crippen LogP contribution in [0.4, 0.5) is 0 Å². The van der Waals surface area contributed by atoms with Gasteiger partial charge in [-0.05, 0) is 38.8 Å². The first-order chi connectivity index (χ1) is 9.15. The number of benzene rings is 1. The van der Waals surface area contributed by atoms with Crippen molar-refractivity contribution < 1.29 is 9.21 Å². The minimum absolute atomic E-state index is 0.148. The number of carbonyl (C=O) groups excluding carboxylic acids is 1. The summed E-state index contributed by atoms with van der Waals surface area (Å²) in [5.74, 6) is 0.266. The van der Waals surface area contributed by atoms with Gasteiger partial charge in [0.05, 0.1) is 0 Å². The van der Waals surface area contributed by atoms with Crippen LogP contribution in [0, 0.1) is 13.8 Å². The fraction of sp³-hybridized carbons (Fsp3) is 0.400. The van der Waals surface area contributed by atoms with E-state index in [9.17, 15) is 4.79 Å². The molecule has 0 aliphatic heterocycles.